The molecule has 1 saturated heterocycles. The van der Waals surface area contributed by atoms with Crippen molar-refractivity contribution in [3.8, 4) is 0 Å². The zero-order chi connectivity index (χ0) is 15.3. The van der Waals surface area contributed by atoms with Crippen LogP contribution in [0.15, 0.2) is 0 Å². The van der Waals surface area contributed by atoms with Crippen molar-refractivity contribution in [2.75, 3.05) is 13.1 Å². The Hall–Kier alpha value is -0.280. The lowest BCUT2D eigenvalue weighted by molar-refractivity contribution is -0.123. The topological polar surface area (TPSA) is 41.1 Å². The van der Waals surface area contributed by atoms with Crippen LogP contribution < -0.4 is 10.6 Å². The molecule has 1 saturated carbocycles. The predicted molar refractivity (Wildman–Crippen MR) is 95.4 cm³/mol. The quantitative estimate of drug-likeness (QED) is 0.802. The van der Waals surface area contributed by atoms with E-state index in [0.29, 0.717) is 23.3 Å². The Labute approximate surface area is 142 Å². The summed E-state index contributed by atoms with van der Waals surface area (Å²) in [5, 5.41) is 6.66. The lowest BCUT2D eigenvalue weighted by atomic mass is 9.69. The van der Waals surface area contributed by atoms with Gasteiger partial charge in [0.1, 0.15) is 0 Å². The smallest absolute Gasteiger partial charge is 0.220 e. The Balaban J connectivity index is 0.00000242. The molecule has 130 valence electrons. The van der Waals surface area contributed by atoms with E-state index in [1.807, 2.05) is 0 Å². The Morgan fingerprint density at radius 1 is 1.09 bits per heavy atom. The Morgan fingerprint density at radius 3 is 2.23 bits per heavy atom. The predicted octanol–water partition coefficient (Wildman–Crippen LogP) is 3.91. The van der Waals surface area contributed by atoms with Gasteiger partial charge in [-0.15, -0.1) is 12.4 Å². The number of amides is 1. The van der Waals surface area contributed by atoms with Gasteiger partial charge in [-0.3, -0.25) is 4.79 Å². The fourth-order valence-electron chi connectivity index (χ4n) is 3.94. The van der Waals surface area contributed by atoms with Crippen LogP contribution in [0.25, 0.3) is 0 Å². The second-order valence-corrected chi connectivity index (χ2v) is 7.86. The van der Waals surface area contributed by atoms with E-state index in [0.717, 1.165) is 38.3 Å². The van der Waals surface area contributed by atoms with Crippen LogP contribution in [0.4, 0.5) is 0 Å². The molecule has 0 aromatic carbocycles. The van der Waals surface area contributed by atoms with Gasteiger partial charge in [0.05, 0.1) is 0 Å². The maximum Gasteiger partial charge on any atom is 0.220 e. The van der Waals surface area contributed by atoms with Gasteiger partial charge in [0, 0.05) is 12.5 Å². The fourth-order valence-corrected chi connectivity index (χ4v) is 3.94. The Morgan fingerprint density at radius 2 is 1.68 bits per heavy atom. The Bertz CT molecular complexity index is 332. The second-order valence-electron chi connectivity index (χ2n) is 7.86. The lowest BCUT2D eigenvalue weighted by Gasteiger charge is -2.39. The first-order valence-corrected chi connectivity index (χ1v) is 9.01. The van der Waals surface area contributed by atoms with Gasteiger partial charge in [-0.2, -0.15) is 0 Å². The zero-order valence-electron chi connectivity index (χ0n) is 14.6. The van der Waals surface area contributed by atoms with Crippen molar-refractivity contribution in [2.24, 2.45) is 17.3 Å². The minimum atomic E-state index is 0. The van der Waals surface area contributed by atoms with Crippen molar-refractivity contribution in [1.82, 2.24) is 10.6 Å². The maximum absolute atomic E-state index is 12.2. The van der Waals surface area contributed by atoms with Crippen LogP contribution in [0.2, 0.25) is 0 Å². The van der Waals surface area contributed by atoms with Gasteiger partial charge in [-0.1, -0.05) is 27.2 Å². The number of carbonyl (C=O) groups is 1. The van der Waals surface area contributed by atoms with Gasteiger partial charge in [0.25, 0.3) is 0 Å². The molecule has 2 aliphatic rings. The normalized spacial score (nSPS) is 27.0. The largest absolute Gasteiger partial charge is 0.353 e. The third kappa shape index (κ3) is 5.73. The van der Waals surface area contributed by atoms with E-state index in [2.05, 4.69) is 31.4 Å². The molecule has 2 rings (SSSR count). The van der Waals surface area contributed by atoms with E-state index in [1.54, 1.807) is 0 Å². The SMILES string of the molecule is CCC(C)(C)C1CCC(NC(=O)CC2CCNCC2)CC1.Cl. The number of piperidine rings is 1. The highest BCUT2D eigenvalue weighted by Gasteiger charge is 2.32. The molecule has 3 nitrogen and oxygen atoms in total. The van der Waals surface area contributed by atoms with Crippen molar-refractivity contribution < 1.29 is 4.79 Å². The van der Waals surface area contributed by atoms with Gasteiger partial charge >= 0.3 is 0 Å². The van der Waals surface area contributed by atoms with Crippen LogP contribution in [-0.2, 0) is 4.79 Å². The summed E-state index contributed by atoms with van der Waals surface area (Å²) in [6, 6.07) is 0.433. The van der Waals surface area contributed by atoms with Crippen LogP contribution in [0.1, 0.15) is 72.1 Å². The van der Waals surface area contributed by atoms with Crippen LogP contribution >= 0.6 is 12.4 Å². The molecule has 0 atom stereocenters. The first-order valence-electron chi connectivity index (χ1n) is 9.01. The molecule has 0 bridgehead atoms. The van der Waals surface area contributed by atoms with Crippen LogP contribution in [-0.4, -0.2) is 25.0 Å². The number of carbonyl (C=O) groups excluding carboxylic acids is 1. The summed E-state index contributed by atoms with van der Waals surface area (Å²) < 4.78 is 0. The summed E-state index contributed by atoms with van der Waals surface area (Å²) in [5.41, 5.74) is 0.462. The minimum Gasteiger partial charge on any atom is -0.353 e. The first kappa shape index (κ1) is 19.8. The summed E-state index contributed by atoms with van der Waals surface area (Å²) in [4.78, 5) is 12.2. The molecule has 1 aliphatic heterocycles. The highest BCUT2D eigenvalue weighted by atomic mass is 35.5. The average Bonchev–Trinajstić information content (AvgIpc) is 2.48. The summed E-state index contributed by atoms with van der Waals surface area (Å²) >= 11 is 0. The molecular formula is C18H35ClN2O. The maximum atomic E-state index is 12.2. The molecule has 1 heterocycles. The highest BCUT2D eigenvalue weighted by molar-refractivity contribution is 5.85. The van der Waals surface area contributed by atoms with Crippen molar-refractivity contribution >= 4 is 18.3 Å². The van der Waals surface area contributed by atoms with Gasteiger partial charge in [-0.25, -0.2) is 0 Å². The number of nitrogens with one attached hydrogen (secondary N) is 2. The summed E-state index contributed by atoms with van der Waals surface area (Å²) in [7, 11) is 0. The number of rotatable bonds is 5. The van der Waals surface area contributed by atoms with E-state index in [1.165, 1.54) is 32.1 Å². The van der Waals surface area contributed by atoms with Crippen molar-refractivity contribution in [3.63, 3.8) is 0 Å². The van der Waals surface area contributed by atoms with E-state index in [-0.39, 0.29) is 12.4 Å². The molecular weight excluding hydrogens is 296 g/mol. The van der Waals surface area contributed by atoms with Gasteiger partial charge in [-0.05, 0) is 68.9 Å². The van der Waals surface area contributed by atoms with E-state index < -0.39 is 0 Å². The third-order valence-electron chi connectivity index (χ3n) is 6.04. The minimum absolute atomic E-state index is 0. The van der Waals surface area contributed by atoms with E-state index >= 15 is 0 Å². The standard InChI is InChI=1S/C18H34N2O.ClH/c1-4-18(2,3)15-5-7-16(8-6-15)20-17(21)13-14-9-11-19-12-10-14;/h14-16,19H,4-13H2,1-3H3,(H,20,21);1H. The first-order chi connectivity index (χ1) is 10.0. The Kier molecular flexibility index (Phi) is 8.20. The van der Waals surface area contributed by atoms with Crippen molar-refractivity contribution in [2.45, 2.75) is 78.2 Å². The van der Waals surface area contributed by atoms with Gasteiger partial charge in [0.2, 0.25) is 5.91 Å². The summed E-state index contributed by atoms with van der Waals surface area (Å²) in [6.07, 6.45) is 9.21. The molecule has 0 aromatic rings. The molecule has 22 heavy (non-hydrogen) atoms. The van der Waals surface area contributed by atoms with Crippen molar-refractivity contribution in [1.29, 1.82) is 0 Å². The van der Waals surface area contributed by atoms with Crippen LogP contribution in [0, 0.1) is 17.3 Å². The fraction of sp³-hybridized carbons (Fsp3) is 0.944. The van der Waals surface area contributed by atoms with Crippen LogP contribution in [0.3, 0.4) is 0 Å². The van der Waals surface area contributed by atoms with Gasteiger partial charge < -0.3 is 10.6 Å². The third-order valence-corrected chi connectivity index (χ3v) is 6.04. The number of halogens is 1. The molecule has 0 radical (unpaired) electrons. The molecule has 2 fully saturated rings. The van der Waals surface area contributed by atoms with Crippen molar-refractivity contribution in [3.05, 3.63) is 0 Å². The molecule has 4 heteroatoms. The molecule has 0 aromatic heterocycles. The van der Waals surface area contributed by atoms with E-state index in [4.69, 9.17) is 0 Å². The molecule has 1 amide bonds. The summed E-state index contributed by atoms with van der Waals surface area (Å²) in [5.74, 6) is 1.72. The van der Waals surface area contributed by atoms with Crippen LogP contribution in [0.5, 0.6) is 0 Å². The second kappa shape index (κ2) is 9.12. The van der Waals surface area contributed by atoms with E-state index in [9.17, 15) is 4.79 Å². The average molecular weight is 331 g/mol. The zero-order valence-corrected chi connectivity index (χ0v) is 15.4. The lowest BCUT2D eigenvalue weighted by Crippen LogP contribution is -2.41. The highest BCUT2D eigenvalue weighted by Crippen LogP contribution is 2.40. The molecule has 0 spiro atoms. The summed E-state index contributed by atoms with van der Waals surface area (Å²) in [6.45, 7) is 9.25. The number of hydrogen-bond acceptors (Lipinski definition) is 2. The molecule has 0 unspecified atom stereocenters. The monoisotopic (exact) mass is 330 g/mol. The number of hydrogen-bond donors (Lipinski definition) is 2. The molecule has 1 aliphatic carbocycles. The molecule has 2 N–H and O–H groups in total. The van der Waals surface area contributed by atoms with Gasteiger partial charge in [0.15, 0.2) is 0 Å².